The van der Waals surface area contributed by atoms with Gasteiger partial charge in [-0.3, -0.25) is 4.79 Å². The number of hydrogen-bond donors (Lipinski definition) is 1. The molecule has 4 heteroatoms. The number of nitriles is 1. The van der Waals surface area contributed by atoms with Crippen molar-refractivity contribution in [2.75, 3.05) is 7.11 Å². The summed E-state index contributed by atoms with van der Waals surface area (Å²) in [5.41, 5.74) is 0.996. The van der Waals surface area contributed by atoms with Crippen molar-refractivity contribution < 1.29 is 14.6 Å². The number of aliphatic hydroxyl groups is 1. The number of rotatable bonds is 3. The molecule has 0 aromatic heterocycles. The topological polar surface area (TPSA) is 70.3 Å². The first-order chi connectivity index (χ1) is 7.17. The molecule has 1 aromatic carbocycles. The van der Waals surface area contributed by atoms with E-state index in [1.807, 2.05) is 6.07 Å². The van der Waals surface area contributed by atoms with Crippen LogP contribution in [0.3, 0.4) is 0 Å². The van der Waals surface area contributed by atoms with Gasteiger partial charge in [-0.05, 0) is 17.7 Å². The molecule has 78 valence electrons. The highest BCUT2D eigenvalue weighted by molar-refractivity contribution is 5.70. The third kappa shape index (κ3) is 3.08. The second-order valence-corrected chi connectivity index (χ2v) is 3.03. The Hall–Kier alpha value is -1.86. The second kappa shape index (κ2) is 5.13. The highest BCUT2D eigenvalue weighted by Gasteiger charge is 2.13. The molecule has 0 spiro atoms. The van der Waals surface area contributed by atoms with Crippen LogP contribution in [0.4, 0.5) is 0 Å². The normalized spacial score (nSPS) is 11.5. The molecular formula is C11H11NO3. The van der Waals surface area contributed by atoms with Crippen molar-refractivity contribution in [2.45, 2.75) is 12.5 Å². The summed E-state index contributed by atoms with van der Waals surface area (Å²) in [6.07, 6.45) is -1.03. The second-order valence-electron chi connectivity index (χ2n) is 3.03. The Morgan fingerprint density at radius 1 is 1.67 bits per heavy atom. The Labute approximate surface area is 87.7 Å². The molecule has 0 aliphatic heterocycles. The number of methoxy groups -OCH3 is 1. The molecule has 1 rings (SSSR count). The number of benzene rings is 1. The predicted molar refractivity (Wildman–Crippen MR) is 52.7 cm³/mol. The largest absolute Gasteiger partial charge is 0.469 e. The van der Waals surface area contributed by atoms with Gasteiger partial charge in [0.05, 0.1) is 31.3 Å². The molecule has 1 atom stereocenters. The average molecular weight is 205 g/mol. The molecule has 0 aliphatic rings. The van der Waals surface area contributed by atoms with Crippen LogP contribution in [0, 0.1) is 11.3 Å². The summed E-state index contributed by atoms with van der Waals surface area (Å²) < 4.78 is 4.43. The third-order valence-electron chi connectivity index (χ3n) is 1.99. The van der Waals surface area contributed by atoms with Crippen LogP contribution in [0.5, 0.6) is 0 Å². The third-order valence-corrected chi connectivity index (χ3v) is 1.99. The molecule has 0 radical (unpaired) electrons. The van der Waals surface area contributed by atoms with E-state index in [4.69, 9.17) is 5.26 Å². The lowest BCUT2D eigenvalue weighted by atomic mass is 10.0. The van der Waals surface area contributed by atoms with Gasteiger partial charge in [0, 0.05) is 0 Å². The zero-order chi connectivity index (χ0) is 11.3. The number of aliphatic hydroxyl groups excluding tert-OH is 1. The molecule has 0 bridgehead atoms. The van der Waals surface area contributed by atoms with E-state index in [1.54, 1.807) is 24.3 Å². The molecule has 4 nitrogen and oxygen atoms in total. The summed E-state index contributed by atoms with van der Waals surface area (Å²) in [6.45, 7) is 0. The minimum Gasteiger partial charge on any atom is -0.469 e. The van der Waals surface area contributed by atoms with Gasteiger partial charge in [0.2, 0.25) is 0 Å². The molecule has 1 aromatic rings. The molecule has 0 saturated carbocycles. The van der Waals surface area contributed by atoms with Gasteiger partial charge < -0.3 is 9.84 Å². The monoisotopic (exact) mass is 205 g/mol. The Morgan fingerprint density at radius 2 is 2.40 bits per heavy atom. The molecule has 0 saturated heterocycles. The summed E-state index contributed by atoms with van der Waals surface area (Å²) in [5.74, 6) is -0.482. The fraction of sp³-hybridized carbons (Fsp3) is 0.273. The van der Waals surface area contributed by atoms with Gasteiger partial charge in [0.15, 0.2) is 0 Å². The number of hydrogen-bond acceptors (Lipinski definition) is 4. The number of nitrogens with zero attached hydrogens (tertiary/aromatic N) is 1. The standard InChI is InChI=1S/C11H11NO3/c1-15-11(14)6-10(13)9-4-2-3-8(5-9)7-12/h2-5,10,13H,6H2,1H3/t10-/m0/s1. The molecule has 15 heavy (non-hydrogen) atoms. The van der Waals surface area contributed by atoms with E-state index < -0.39 is 12.1 Å². The van der Waals surface area contributed by atoms with E-state index in [2.05, 4.69) is 4.74 Å². The number of carbonyl (C=O) groups excluding carboxylic acids is 1. The van der Waals surface area contributed by atoms with Crippen molar-refractivity contribution >= 4 is 5.97 Å². The van der Waals surface area contributed by atoms with Gasteiger partial charge >= 0.3 is 5.97 Å². The van der Waals surface area contributed by atoms with E-state index >= 15 is 0 Å². The highest BCUT2D eigenvalue weighted by atomic mass is 16.5. The van der Waals surface area contributed by atoms with Crippen molar-refractivity contribution in [3.63, 3.8) is 0 Å². The van der Waals surface area contributed by atoms with Gasteiger partial charge in [0.1, 0.15) is 0 Å². The number of carbonyl (C=O) groups is 1. The van der Waals surface area contributed by atoms with E-state index in [1.165, 1.54) is 7.11 Å². The zero-order valence-corrected chi connectivity index (χ0v) is 8.30. The highest BCUT2D eigenvalue weighted by Crippen LogP contribution is 2.17. The summed E-state index contributed by atoms with van der Waals surface area (Å²) in [6, 6.07) is 8.47. The van der Waals surface area contributed by atoms with Crippen molar-refractivity contribution in [1.29, 1.82) is 5.26 Å². The maximum Gasteiger partial charge on any atom is 0.308 e. The van der Waals surface area contributed by atoms with Gasteiger partial charge in [-0.1, -0.05) is 12.1 Å². The molecule has 0 unspecified atom stereocenters. The molecule has 0 aliphatic carbocycles. The Bertz CT molecular complexity index is 395. The lowest BCUT2D eigenvalue weighted by Gasteiger charge is -2.09. The van der Waals surface area contributed by atoms with Gasteiger partial charge in [-0.25, -0.2) is 0 Å². The predicted octanol–water partition coefficient (Wildman–Crippen LogP) is 1.15. The maximum atomic E-state index is 10.9. The fourth-order valence-electron chi connectivity index (χ4n) is 1.17. The van der Waals surface area contributed by atoms with Crippen LogP contribution in [-0.2, 0) is 9.53 Å². The van der Waals surface area contributed by atoms with E-state index in [9.17, 15) is 9.90 Å². The average Bonchev–Trinajstić information content (AvgIpc) is 2.28. The van der Waals surface area contributed by atoms with Crippen LogP contribution < -0.4 is 0 Å². The Balaban J connectivity index is 2.78. The molecule has 0 amide bonds. The lowest BCUT2D eigenvalue weighted by Crippen LogP contribution is -2.08. The van der Waals surface area contributed by atoms with Crippen molar-refractivity contribution in [2.24, 2.45) is 0 Å². The maximum absolute atomic E-state index is 10.9. The zero-order valence-electron chi connectivity index (χ0n) is 8.30. The smallest absolute Gasteiger partial charge is 0.308 e. The van der Waals surface area contributed by atoms with Crippen molar-refractivity contribution in [1.82, 2.24) is 0 Å². The van der Waals surface area contributed by atoms with Crippen LogP contribution in [0.15, 0.2) is 24.3 Å². The van der Waals surface area contributed by atoms with Crippen LogP contribution in [0.1, 0.15) is 23.7 Å². The van der Waals surface area contributed by atoms with Crippen LogP contribution in [0.25, 0.3) is 0 Å². The molecular weight excluding hydrogens is 194 g/mol. The lowest BCUT2D eigenvalue weighted by molar-refractivity contribution is -0.142. The number of ether oxygens (including phenoxy) is 1. The van der Waals surface area contributed by atoms with Gasteiger partial charge in [0.25, 0.3) is 0 Å². The Kier molecular flexibility index (Phi) is 3.83. The first-order valence-electron chi connectivity index (χ1n) is 4.42. The summed E-state index contributed by atoms with van der Waals surface area (Å²) in [7, 11) is 1.26. The fourth-order valence-corrected chi connectivity index (χ4v) is 1.17. The molecule has 0 fully saturated rings. The first kappa shape index (κ1) is 11.2. The first-order valence-corrected chi connectivity index (χ1v) is 4.42. The molecule has 0 heterocycles. The van der Waals surface area contributed by atoms with Crippen molar-refractivity contribution in [3.8, 4) is 6.07 Å². The van der Waals surface area contributed by atoms with Crippen LogP contribution in [-0.4, -0.2) is 18.2 Å². The van der Waals surface area contributed by atoms with E-state index in [-0.39, 0.29) is 6.42 Å². The minimum atomic E-state index is -0.925. The number of esters is 1. The van der Waals surface area contributed by atoms with E-state index in [0.717, 1.165) is 0 Å². The van der Waals surface area contributed by atoms with Crippen molar-refractivity contribution in [3.05, 3.63) is 35.4 Å². The summed E-state index contributed by atoms with van der Waals surface area (Å²) in [5, 5.41) is 18.3. The van der Waals surface area contributed by atoms with Gasteiger partial charge in [-0.15, -0.1) is 0 Å². The van der Waals surface area contributed by atoms with Crippen LogP contribution in [0.2, 0.25) is 0 Å². The van der Waals surface area contributed by atoms with E-state index in [0.29, 0.717) is 11.1 Å². The van der Waals surface area contributed by atoms with Crippen LogP contribution >= 0.6 is 0 Å². The van der Waals surface area contributed by atoms with Gasteiger partial charge in [-0.2, -0.15) is 5.26 Å². The molecule has 1 N–H and O–H groups in total. The quantitative estimate of drug-likeness (QED) is 0.751. The SMILES string of the molecule is COC(=O)C[C@H](O)c1cccc(C#N)c1. The summed E-state index contributed by atoms with van der Waals surface area (Å²) >= 11 is 0. The summed E-state index contributed by atoms with van der Waals surface area (Å²) in [4.78, 5) is 10.9. The Morgan fingerprint density at radius 3 is 3.00 bits per heavy atom. The minimum absolute atomic E-state index is 0.106.